The van der Waals surface area contributed by atoms with E-state index in [2.05, 4.69) is 10.3 Å². The van der Waals surface area contributed by atoms with Crippen LogP contribution in [0.2, 0.25) is 0 Å². The summed E-state index contributed by atoms with van der Waals surface area (Å²) >= 11 is 0. The minimum Gasteiger partial charge on any atom is -0.392 e. The number of hydrogen-bond acceptors (Lipinski definition) is 3. The summed E-state index contributed by atoms with van der Waals surface area (Å²) in [6.45, 7) is 6.68. The molecule has 15 heavy (non-hydrogen) atoms. The summed E-state index contributed by atoms with van der Waals surface area (Å²) < 4.78 is 0. The molecule has 1 atom stereocenters. The highest BCUT2D eigenvalue weighted by Crippen LogP contribution is 2.08. The number of rotatable bonds is 5. The Morgan fingerprint density at radius 1 is 1.40 bits per heavy atom. The largest absolute Gasteiger partial charge is 0.392 e. The number of aliphatic hydroxyl groups excluding tert-OH is 1. The highest BCUT2D eigenvalue weighted by molar-refractivity contribution is 5.10. The molecular formula is C12H20N2O. The molecule has 0 amide bonds. The second kappa shape index (κ2) is 5.24. The van der Waals surface area contributed by atoms with Gasteiger partial charge in [0.1, 0.15) is 0 Å². The van der Waals surface area contributed by atoms with E-state index >= 15 is 0 Å². The maximum absolute atomic E-state index is 9.50. The van der Waals surface area contributed by atoms with Crippen LogP contribution in [0.25, 0.3) is 0 Å². The number of nitrogens with zero attached hydrogens (tertiary/aromatic N) is 1. The molecule has 0 spiro atoms. The van der Waals surface area contributed by atoms with Crippen molar-refractivity contribution in [1.82, 2.24) is 10.3 Å². The molecule has 0 aromatic carbocycles. The van der Waals surface area contributed by atoms with Crippen LogP contribution in [0.3, 0.4) is 0 Å². The summed E-state index contributed by atoms with van der Waals surface area (Å²) in [5.41, 5.74) is 1.03. The van der Waals surface area contributed by atoms with Crippen LogP contribution in [0.5, 0.6) is 0 Å². The third-order valence-electron chi connectivity index (χ3n) is 2.79. The lowest BCUT2D eigenvalue weighted by Crippen LogP contribution is -2.48. The van der Waals surface area contributed by atoms with Crippen LogP contribution in [0.4, 0.5) is 0 Å². The van der Waals surface area contributed by atoms with Gasteiger partial charge in [-0.15, -0.1) is 0 Å². The van der Waals surface area contributed by atoms with Crippen molar-refractivity contribution in [2.45, 2.75) is 38.8 Å². The quantitative estimate of drug-likeness (QED) is 0.768. The number of aliphatic hydroxyl groups is 1. The van der Waals surface area contributed by atoms with Gasteiger partial charge in [-0.25, -0.2) is 0 Å². The Morgan fingerprint density at radius 2 is 2.00 bits per heavy atom. The van der Waals surface area contributed by atoms with Crippen molar-refractivity contribution >= 4 is 0 Å². The maximum atomic E-state index is 9.50. The molecule has 0 aliphatic rings. The van der Waals surface area contributed by atoms with E-state index in [0.717, 1.165) is 13.0 Å². The van der Waals surface area contributed by atoms with Gasteiger partial charge in [0.2, 0.25) is 0 Å². The normalized spacial score (nSPS) is 13.9. The molecule has 1 rings (SSSR count). The van der Waals surface area contributed by atoms with Crippen LogP contribution >= 0.6 is 0 Å². The number of aromatic nitrogens is 1. The molecule has 3 heteroatoms. The highest BCUT2D eigenvalue weighted by Gasteiger charge is 2.22. The SMILES string of the molecule is CC(O)C(C)(C)NCCc1ccncc1. The molecule has 1 heterocycles. The second-order valence-electron chi connectivity index (χ2n) is 4.43. The zero-order valence-electron chi connectivity index (χ0n) is 9.70. The van der Waals surface area contributed by atoms with Crippen LogP contribution < -0.4 is 5.32 Å². The zero-order valence-corrected chi connectivity index (χ0v) is 9.70. The molecule has 0 aliphatic heterocycles. The summed E-state index contributed by atoms with van der Waals surface area (Å²) in [6.07, 6.45) is 4.21. The molecule has 0 aliphatic carbocycles. The Balaban J connectivity index is 2.34. The Hall–Kier alpha value is -0.930. The van der Waals surface area contributed by atoms with Crippen LogP contribution in [0.1, 0.15) is 26.3 Å². The first-order valence-electron chi connectivity index (χ1n) is 5.34. The van der Waals surface area contributed by atoms with E-state index in [1.54, 1.807) is 19.3 Å². The molecule has 0 bridgehead atoms. The van der Waals surface area contributed by atoms with Crippen molar-refractivity contribution in [3.05, 3.63) is 30.1 Å². The van der Waals surface area contributed by atoms with Gasteiger partial charge in [-0.2, -0.15) is 0 Å². The molecule has 0 radical (unpaired) electrons. The van der Waals surface area contributed by atoms with E-state index in [4.69, 9.17) is 0 Å². The topological polar surface area (TPSA) is 45.1 Å². The molecule has 1 aromatic heterocycles. The lowest BCUT2D eigenvalue weighted by Gasteiger charge is -2.29. The van der Waals surface area contributed by atoms with E-state index in [-0.39, 0.29) is 11.6 Å². The van der Waals surface area contributed by atoms with E-state index < -0.39 is 0 Å². The molecule has 3 nitrogen and oxygen atoms in total. The van der Waals surface area contributed by atoms with Gasteiger partial charge < -0.3 is 10.4 Å². The summed E-state index contributed by atoms with van der Waals surface area (Å²) in [5, 5.41) is 12.8. The smallest absolute Gasteiger partial charge is 0.0688 e. The fourth-order valence-electron chi connectivity index (χ4n) is 1.23. The summed E-state index contributed by atoms with van der Waals surface area (Å²) in [4.78, 5) is 3.97. The van der Waals surface area contributed by atoms with Gasteiger partial charge in [-0.3, -0.25) is 4.98 Å². The third-order valence-corrected chi connectivity index (χ3v) is 2.79. The van der Waals surface area contributed by atoms with Crippen LogP contribution in [-0.4, -0.2) is 28.3 Å². The lowest BCUT2D eigenvalue weighted by molar-refractivity contribution is 0.0973. The first-order valence-corrected chi connectivity index (χ1v) is 5.34. The van der Waals surface area contributed by atoms with Crippen molar-refractivity contribution in [3.63, 3.8) is 0 Å². The van der Waals surface area contributed by atoms with Crippen LogP contribution in [0, 0.1) is 0 Å². The van der Waals surface area contributed by atoms with Gasteiger partial charge in [0.05, 0.1) is 6.10 Å². The van der Waals surface area contributed by atoms with Crippen molar-refractivity contribution in [1.29, 1.82) is 0 Å². The minimum atomic E-state index is -0.352. The standard InChI is InChI=1S/C12H20N2O/c1-10(15)12(2,3)14-9-6-11-4-7-13-8-5-11/h4-5,7-8,10,14-15H,6,9H2,1-3H3. The van der Waals surface area contributed by atoms with E-state index in [0.29, 0.717) is 0 Å². The lowest BCUT2D eigenvalue weighted by atomic mass is 9.98. The van der Waals surface area contributed by atoms with E-state index in [1.165, 1.54) is 5.56 Å². The van der Waals surface area contributed by atoms with Gasteiger partial charge in [-0.05, 0) is 51.4 Å². The Labute approximate surface area is 91.5 Å². The van der Waals surface area contributed by atoms with Gasteiger partial charge in [-0.1, -0.05) is 0 Å². The number of pyridine rings is 1. The average molecular weight is 208 g/mol. The van der Waals surface area contributed by atoms with Crippen LogP contribution in [0.15, 0.2) is 24.5 Å². The highest BCUT2D eigenvalue weighted by atomic mass is 16.3. The van der Waals surface area contributed by atoms with Gasteiger partial charge in [0.15, 0.2) is 0 Å². The summed E-state index contributed by atoms with van der Waals surface area (Å²) in [6, 6.07) is 4.02. The molecular weight excluding hydrogens is 188 g/mol. The second-order valence-corrected chi connectivity index (χ2v) is 4.43. The molecule has 84 valence electrons. The average Bonchev–Trinajstić information content (AvgIpc) is 2.19. The fourth-order valence-corrected chi connectivity index (χ4v) is 1.23. The third kappa shape index (κ3) is 3.98. The summed E-state index contributed by atoms with van der Waals surface area (Å²) in [7, 11) is 0. The van der Waals surface area contributed by atoms with Gasteiger partial charge in [0, 0.05) is 17.9 Å². The van der Waals surface area contributed by atoms with E-state index in [9.17, 15) is 5.11 Å². The Bertz CT molecular complexity index is 283. The van der Waals surface area contributed by atoms with Crippen LogP contribution in [-0.2, 0) is 6.42 Å². The maximum Gasteiger partial charge on any atom is 0.0688 e. The predicted octanol–water partition coefficient (Wildman–Crippen LogP) is 1.37. The van der Waals surface area contributed by atoms with Gasteiger partial charge >= 0.3 is 0 Å². The van der Waals surface area contributed by atoms with E-state index in [1.807, 2.05) is 26.0 Å². The zero-order chi connectivity index (χ0) is 11.3. The molecule has 1 unspecified atom stereocenters. The minimum absolute atomic E-state index is 0.229. The Morgan fingerprint density at radius 3 is 2.53 bits per heavy atom. The van der Waals surface area contributed by atoms with Crippen molar-refractivity contribution in [2.24, 2.45) is 0 Å². The Kier molecular flexibility index (Phi) is 4.24. The molecule has 0 saturated heterocycles. The predicted molar refractivity (Wildman–Crippen MR) is 61.7 cm³/mol. The monoisotopic (exact) mass is 208 g/mol. The number of nitrogens with one attached hydrogen (secondary N) is 1. The molecule has 0 saturated carbocycles. The van der Waals surface area contributed by atoms with Crippen molar-refractivity contribution in [2.75, 3.05) is 6.54 Å². The fraction of sp³-hybridized carbons (Fsp3) is 0.583. The molecule has 0 fully saturated rings. The first-order chi connectivity index (χ1) is 7.02. The van der Waals surface area contributed by atoms with Gasteiger partial charge in [0.25, 0.3) is 0 Å². The summed E-state index contributed by atoms with van der Waals surface area (Å²) in [5.74, 6) is 0. The molecule has 1 aromatic rings. The first kappa shape index (κ1) is 12.1. The number of hydrogen-bond donors (Lipinski definition) is 2. The van der Waals surface area contributed by atoms with Crippen molar-refractivity contribution < 1.29 is 5.11 Å². The van der Waals surface area contributed by atoms with Crippen molar-refractivity contribution in [3.8, 4) is 0 Å². The molecule has 2 N–H and O–H groups in total.